The second kappa shape index (κ2) is 4.32. The quantitative estimate of drug-likeness (QED) is 0.829. The van der Waals surface area contributed by atoms with Crippen molar-refractivity contribution < 1.29 is 5.11 Å². The Morgan fingerprint density at radius 2 is 1.94 bits per heavy atom. The first-order valence-corrected chi connectivity index (χ1v) is 5.00. The highest BCUT2D eigenvalue weighted by Gasteiger charge is 2.04. The Labute approximate surface area is 94.0 Å². The lowest BCUT2D eigenvalue weighted by Gasteiger charge is -2.13. The summed E-state index contributed by atoms with van der Waals surface area (Å²) in [5.74, 6) is 0.539. The molecule has 1 aromatic carbocycles. The van der Waals surface area contributed by atoms with Crippen molar-refractivity contribution in [3.8, 4) is 5.69 Å². The second-order valence-electron chi connectivity index (χ2n) is 3.69. The topological polar surface area (TPSA) is 54.2 Å². The second-order valence-corrected chi connectivity index (χ2v) is 3.69. The van der Waals surface area contributed by atoms with Gasteiger partial charge in [-0.15, -0.1) is 10.2 Å². The van der Waals surface area contributed by atoms with Gasteiger partial charge in [0, 0.05) is 25.5 Å². The molecule has 0 spiro atoms. The van der Waals surface area contributed by atoms with Gasteiger partial charge in [0.2, 0.25) is 0 Å². The molecular formula is C11H14N4O. The van der Waals surface area contributed by atoms with Gasteiger partial charge in [0.15, 0.2) is 5.82 Å². The number of aromatic nitrogens is 3. The Morgan fingerprint density at radius 3 is 2.50 bits per heavy atom. The minimum absolute atomic E-state index is 0.116. The molecule has 16 heavy (non-hydrogen) atoms. The summed E-state index contributed by atoms with van der Waals surface area (Å²) in [6.45, 7) is -0.116. The van der Waals surface area contributed by atoms with Gasteiger partial charge < -0.3 is 10.0 Å². The molecule has 0 aliphatic carbocycles. The predicted molar refractivity (Wildman–Crippen MR) is 61.6 cm³/mol. The highest BCUT2D eigenvalue weighted by Crippen LogP contribution is 2.16. The van der Waals surface area contributed by atoms with Crippen LogP contribution in [-0.4, -0.2) is 34.0 Å². The largest absolute Gasteiger partial charge is 0.388 e. The van der Waals surface area contributed by atoms with Crippen LogP contribution in [0.25, 0.3) is 5.69 Å². The lowest BCUT2D eigenvalue weighted by molar-refractivity contribution is 0.269. The molecule has 5 heteroatoms. The summed E-state index contributed by atoms with van der Waals surface area (Å²) in [7, 11) is 3.99. The standard InChI is InChI=1S/C11H14N4O/c1-14(2)9-3-5-10(6-4-9)15-8-12-13-11(15)7-16/h3-6,8,16H,7H2,1-2H3. The molecular weight excluding hydrogens is 204 g/mol. The first-order chi connectivity index (χ1) is 7.72. The van der Waals surface area contributed by atoms with Crippen molar-refractivity contribution in [3.05, 3.63) is 36.4 Å². The minimum atomic E-state index is -0.116. The summed E-state index contributed by atoms with van der Waals surface area (Å²) in [5, 5.41) is 16.7. The molecule has 1 N–H and O–H groups in total. The monoisotopic (exact) mass is 218 g/mol. The first kappa shape index (κ1) is 10.6. The van der Waals surface area contributed by atoms with E-state index >= 15 is 0 Å². The van der Waals surface area contributed by atoms with E-state index in [0.29, 0.717) is 5.82 Å². The van der Waals surface area contributed by atoms with Gasteiger partial charge in [0.05, 0.1) is 0 Å². The number of benzene rings is 1. The highest BCUT2D eigenvalue weighted by atomic mass is 16.3. The number of nitrogens with zero attached hydrogens (tertiary/aromatic N) is 4. The molecule has 0 atom stereocenters. The maximum absolute atomic E-state index is 9.08. The Balaban J connectivity index is 2.35. The van der Waals surface area contributed by atoms with Crippen LogP contribution in [-0.2, 0) is 6.61 Å². The summed E-state index contributed by atoms with van der Waals surface area (Å²) in [4.78, 5) is 2.03. The van der Waals surface area contributed by atoms with Crippen molar-refractivity contribution in [2.45, 2.75) is 6.61 Å². The summed E-state index contributed by atoms with van der Waals surface area (Å²) < 4.78 is 1.76. The molecule has 0 fully saturated rings. The van der Waals surface area contributed by atoms with E-state index in [9.17, 15) is 0 Å². The molecule has 0 radical (unpaired) electrons. The molecule has 2 aromatic rings. The van der Waals surface area contributed by atoms with E-state index in [0.717, 1.165) is 11.4 Å². The van der Waals surface area contributed by atoms with Gasteiger partial charge in [0.25, 0.3) is 0 Å². The molecule has 0 aliphatic heterocycles. The molecule has 0 unspecified atom stereocenters. The Bertz CT molecular complexity index is 461. The van der Waals surface area contributed by atoms with Crippen molar-refractivity contribution in [3.63, 3.8) is 0 Å². The maximum atomic E-state index is 9.08. The van der Waals surface area contributed by atoms with Gasteiger partial charge >= 0.3 is 0 Å². The summed E-state index contributed by atoms with van der Waals surface area (Å²) in [6.07, 6.45) is 1.59. The fourth-order valence-corrected chi connectivity index (χ4v) is 1.49. The fraction of sp³-hybridized carbons (Fsp3) is 0.273. The van der Waals surface area contributed by atoms with Crippen molar-refractivity contribution in [1.29, 1.82) is 0 Å². The van der Waals surface area contributed by atoms with Crippen LogP contribution in [0.1, 0.15) is 5.82 Å². The van der Waals surface area contributed by atoms with Gasteiger partial charge in [-0.25, -0.2) is 0 Å². The summed E-state index contributed by atoms with van der Waals surface area (Å²) in [5.41, 5.74) is 2.07. The molecule has 0 bridgehead atoms. The summed E-state index contributed by atoms with van der Waals surface area (Å²) in [6, 6.07) is 7.96. The Kier molecular flexibility index (Phi) is 2.87. The van der Waals surface area contributed by atoms with Gasteiger partial charge in [-0.3, -0.25) is 4.57 Å². The van der Waals surface area contributed by atoms with Crippen molar-refractivity contribution in [1.82, 2.24) is 14.8 Å². The average molecular weight is 218 g/mol. The van der Waals surface area contributed by atoms with Gasteiger partial charge in [-0.1, -0.05) is 0 Å². The lowest BCUT2D eigenvalue weighted by Crippen LogP contribution is -2.08. The average Bonchev–Trinajstić information content (AvgIpc) is 2.77. The van der Waals surface area contributed by atoms with Crippen LogP contribution in [0, 0.1) is 0 Å². The number of aliphatic hydroxyl groups is 1. The molecule has 84 valence electrons. The van der Waals surface area contributed by atoms with Crippen LogP contribution in [0.3, 0.4) is 0 Å². The number of rotatable bonds is 3. The van der Waals surface area contributed by atoms with Crippen LogP contribution < -0.4 is 4.90 Å². The van der Waals surface area contributed by atoms with Gasteiger partial charge in [0.1, 0.15) is 12.9 Å². The number of hydrogen-bond acceptors (Lipinski definition) is 4. The highest BCUT2D eigenvalue weighted by molar-refractivity contribution is 5.49. The maximum Gasteiger partial charge on any atom is 0.163 e. The van der Waals surface area contributed by atoms with E-state index in [2.05, 4.69) is 10.2 Å². The van der Waals surface area contributed by atoms with Crippen molar-refractivity contribution in [2.75, 3.05) is 19.0 Å². The zero-order chi connectivity index (χ0) is 11.5. The molecule has 1 aromatic heterocycles. The number of aliphatic hydroxyl groups excluding tert-OH is 1. The zero-order valence-corrected chi connectivity index (χ0v) is 9.33. The molecule has 0 amide bonds. The third kappa shape index (κ3) is 1.90. The van der Waals surface area contributed by atoms with Crippen LogP contribution in [0.4, 0.5) is 5.69 Å². The SMILES string of the molecule is CN(C)c1ccc(-n2cnnc2CO)cc1. The molecule has 5 nitrogen and oxygen atoms in total. The third-order valence-corrected chi connectivity index (χ3v) is 2.40. The van der Waals surface area contributed by atoms with Gasteiger partial charge in [-0.2, -0.15) is 0 Å². The van der Waals surface area contributed by atoms with E-state index in [1.807, 2.05) is 43.3 Å². The van der Waals surface area contributed by atoms with E-state index in [1.54, 1.807) is 10.9 Å². The normalized spacial score (nSPS) is 10.4. The van der Waals surface area contributed by atoms with Crippen LogP contribution in [0.5, 0.6) is 0 Å². The molecule has 2 rings (SSSR count). The van der Waals surface area contributed by atoms with E-state index < -0.39 is 0 Å². The Hall–Kier alpha value is -1.88. The fourth-order valence-electron chi connectivity index (χ4n) is 1.49. The van der Waals surface area contributed by atoms with Crippen LogP contribution in [0.2, 0.25) is 0 Å². The zero-order valence-electron chi connectivity index (χ0n) is 9.33. The van der Waals surface area contributed by atoms with E-state index in [-0.39, 0.29) is 6.61 Å². The molecule has 0 saturated carbocycles. The van der Waals surface area contributed by atoms with Gasteiger partial charge in [-0.05, 0) is 24.3 Å². The van der Waals surface area contributed by atoms with Crippen LogP contribution in [0.15, 0.2) is 30.6 Å². The molecule has 1 heterocycles. The third-order valence-electron chi connectivity index (χ3n) is 2.40. The first-order valence-electron chi connectivity index (χ1n) is 5.00. The minimum Gasteiger partial charge on any atom is -0.388 e. The number of anilines is 1. The molecule has 0 saturated heterocycles. The Morgan fingerprint density at radius 1 is 1.25 bits per heavy atom. The number of hydrogen-bond donors (Lipinski definition) is 1. The van der Waals surface area contributed by atoms with Crippen molar-refractivity contribution in [2.24, 2.45) is 0 Å². The predicted octanol–water partition coefficient (Wildman–Crippen LogP) is 0.826. The van der Waals surface area contributed by atoms with E-state index in [4.69, 9.17) is 5.11 Å². The lowest BCUT2D eigenvalue weighted by atomic mass is 10.2. The molecule has 0 aliphatic rings. The van der Waals surface area contributed by atoms with E-state index in [1.165, 1.54) is 0 Å². The van der Waals surface area contributed by atoms with Crippen molar-refractivity contribution >= 4 is 5.69 Å². The smallest absolute Gasteiger partial charge is 0.163 e. The summed E-state index contributed by atoms with van der Waals surface area (Å²) >= 11 is 0. The van der Waals surface area contributed by atoms with Crippen LogP contribution >= 0.6 is 0 Å².